The predicted molar refractivity (Wildman–Crippen MR) is 90.3 cm³/mol. The summed E-state index contributed by atoms with van der Waals surface area (Å²) in [6, 6.07) is 6.33. The van der Waals surface area contributed by atoms with Crippen molar-refractivity contribution in [1.82, 2.24) is 9.29 Å². The number of thiazole rings is 1. The summed E-state index contributed by atoms with van der Waals surface area (Å²) in [5, 5.41) is 13.4. The molecule has 4 N–H and O–H groups in total. The molecule has 1 aromatic carbocycles. The zero-order valence-corrected chi connectivity index (χ0v) is 14.0. The molecule has 9 heteroatoms. The van der Waals surface area contributed by atoms with Gasteiger partial charge >= 0.3 is 0 Å². The normalized spacial score (nSPS) is 17.7. The van der Waals surface area contributed by atoms with Gasteiger partial charge in [0, 0.05) is 23.7 Å². The lowest BCUT2D eigenvalue weighted by Crippen LogP contribution is -2.34. The fourth-order valence-corrected chi connectivity index (χ4v) is 4.37. The molecule has 1 aliphatic rings. The molecule has 0 unspecified atom stereocenters. The lowest BCUT2D eigenvalue weighted by molar-refractivity contribution is -0.113. The van der Waals surface area contributed by atoms with Gasteiger partial charge in [-0.25, -0.2) is 4.98 Å². The summed E-state index contributed by atoms with van der Waals surface area (Å²) >= 11 is 1.28. The maximum atomic E-state index is 12.5. The number of fused-ring (bicyclic) bond motifs is 1. The maximum absolute atomic E-state index is 12.5. The smallest absolute Gasteiger partial charge is 0.279 e. The van der Waals surface area contributed by atoms with Crippen LogP contribution in [0.5, 0.6) is 0 Å². The van der Waals surface area contributed by atoms with E-state index in [1.807, 2.05) is 6.92 Å². The monoisotopic (exact) mass is 353 g/mol. The maximum Gasteiger partial charge on any atom is 0.279 e. The summed E-state index contributed by atoms with van der Waals surface area (Å²) in [6.45, 7) is 1.85. The van der Waals surface area contributed by atoms with E-state index in [1.54, 1.807) is 18.3 Å². The van der Waals surface area contributed by atoms with Crippen molar-refractivity contribution in [3.8, 4) is 0 Å². The van der Waals surface area contributed by atoms with E-state index in [1.165, 1.54) is 30.5 Å². The summed E-state index contributed by atoms with van der Waals surface area (Å²) in [5.74, 6) is -0.964. The van der Waals surface area contributed by atoms with E-state index in [2.05, 4.69) is 10.3 Å². The van der Waals surface area contributed by atoms with Gasteiger partial charge in [0.1, 0.15) is 0 Å². The average Bonchev–Trinajstić information content (AvgIpc) is 2.91. The Balaban J connectivity index is 2.05. The van der Waals surface area contributed by atoms with E-state index in [-0.39, 0.29) is 21.9 Å². The van der Waals surface area contributed by atoms with Gasteiger partial charge in [0.2, 0.25) is 0 Å². The first kappa shape index (κ1) is 15.8. The molecule has 0 saturated carbocycles. The fourth-order valence-electron chi connectivity index (χ4n) is 2.27. The van der Waals surface area contributed by atoms with Crippen molar-refractivity contribution in [3.63, 3.8) is 0 Å². The van der Waals surface area contributed by atoms with Crippen LogP contribution < -0.4 is 5.32 Å². The summed E-state index contributed by atoms with van der Waals surface area (Å²) in [6.07, 6.45) is 1.61. The third kappa shape index (κ3) is 2.57. The number of aromatic nitrogens is 1. The Morgan fingerprint density at radius 3 is 2.70 bits per heavy atom. The first-order valence-electron chi connectivity index (χ1n) is 6.61. The van der Waals surface area contributed by atoms with Crippen LogP contribution in [0.1, 0.15) is 10.4 Å². The van der Waals surface area contributed by atoms with Crippen molar-refractivity contribution in [2.24, 2.45) is 0 Å². The van der Waals surface area contributed by atoms with Crippen LogP contribution in [0.3, 0.4) is 0 Å². The number of amides is 1. The Labute approximate surface area is 138 Å². The van der Waals surface area contributed by atoms with Gasteiger partial charge in [0.05, 0.1) is 4.90 Å². The van der Waals surface area contributed by atoms with E-state index in [0.29, 0.717) is 5.13 Å². The molecule has 3 rings (SSSR count). The standard InChI is InChI=1S/C14H15N3O4S2/c1-8-7-15-14(22-8)16-13(19)11-12(18)9-5-3-4-6-10(9)23(20,21)17(11)2/h3-7,18,20-21H,1-2H3,(H,15,16,19). The topological polar surface area (TPSA) is 106 Å². The van der Waals surface area contributed by atoms with Crippen LogP contribution in [0, 0.1) is 6.92 Å². The SMILES string of the molecule is Cc1cnc(NC(=O)C2=C(O)c3ccccc3S(O)(O)N2C)s1. The highest BCUT2D eigenvalue weighted by atomic mass is 32.3. The molecule has 1 aromatic heterocycles. The first-order valence-corrected chi connectivity index (χ1v) is 8.93. The van der Waals surface area contributed by atoms with Crippen LogP contribution in [0.4, 0.5) is 5.13 Å². The Hall–Kier alpha value is -2.07. The molecule has 0 atom stereocenters. The van der Waals surface area contributed by atoms with Gasteiger partial charge in [-0.15, -0.1) is 11.3 Å². The largest absolute Gasteiger partial charge is 0.505 e. The Kier molecular flexibility index (Phi) is 3.80. The Bertz CT molecular complexity index is 816. The van der Waals surface area contributed by atoms with Crippen LogP contribution in [-0.2, 0) is 4.79 Å². The summed E-state index contributed by atoms with van der Waals surface area (Å²) in [4.78, 5) is 17.6. The van der Waals surface area contributed by atoms with Crippen LogP contribution in [0.25, 0.3) is 5.76 Å². The number of benzene rings is 1. The lowest BCUT2D eigenvalue weighted by atomic mass is 10.1. The van der Waals surface area contributed by atoms with Gasteiger partial charge in [-0.2, -0.15) is 0 Å². The van der Waals surface area contributed by atoms with Crippen molar-refractivity contribution in [1.29, 1.82) is 0 Å². The molecule has 7 nitrogen and oxygen atoms in total. The fraction of sp³-hybridized carbons (Fsp3) is 0.143. The summed E-state index contributed by atoms with van der Waals surface area (Å²) in [5.41, 5.74) is 0.0163. The van der Waals surface area contributed by atoms with Crippen LogP contribution >= 0.6 is 22.1 Å². The summed E-state index contributed by atoms with van der Waals surface area (Å²) in [7, 11) is -2.05. The number of aryl methyl sites for hydroxylation is 1. The second kappa shape index (κ2) is 5.53. The van der Waals surface area contributed by atoms with Crippen LogP contribution in [-0.4, -0.2) is 36.5 Å². The third-order valence-corrected chi connectivity index (χ3v) is 6.14. The van der Waals surface area contributed by atoms with Gasteiger partial charge in [-0.05, 0) is 19.1 Å². The van der Waals surface area contributed by atoms with E-state index in [4.69, 9.17) is 0 Å². The molecular formula is C14H15N3O4S2. The molecule has 2 aromatic rings. The number of rotatable bonds is 2. The molecular weight excluding hydrogens is 338 g/mol. The highest BCUT2D eigenvalue weighted by molar-refractivity contribution is 8.22. The summed E-state index contributed by atoms with van der Waals surface area (Å²) < 4.78 is 21.9. The van der Waals surface area contributed by atoms with Gasteiger partial charge in [-0.1, -0.05) is 22.9 Å². The van der Waals surface area contributed by atoms with E-state index in [0.717, 1.165) is 9.18 Å². The number of nitrogens with one attached hydrogen (secondary N) is 1. The second-order valence-corrected chi connectivity index (χ2v) is 8.20. The molecule has 0 radical (unpaired) electrons. The van der Waals surface area contributed by atoms with E-state index >= 15 is 0 Å². The third-order valence-electron chi connectivity index (χ3n) is 3.42. The molecule has 2 heterocycles. The number of aliphatic hydroxyl groups excluding tert-OH is 1. The number of hydrogen-bond acceptors (Lipinski definition) is 7. The van der Waals surface area contributed by atoms with Crippen molar-refractivity contribution in [3.05, 3.63) is 46.6 Å². The minimum atomic E-state index is -3.40. The van der Waals surface area contributed by atoms with Gasteiger partial charge in [0.15, 0.2) is 16.6 Å². The van der Waals surface area contributed by atoms with Crippen LogP contribution in [0.2, 0.25) is 0 Å². The number of carbonyl (C=O) groups excluding carboxylic acids is 1. The van der Waals surface area contributed by atoms with E-state index in [9.17, 15) is 19.0 Å². The second-order valence-electron chi connectivity index (χ2n) is 4.94. The first-order chi connectivity index (χ1) is 10.8. The zero-order chi connectivity index (χ0) is 16.8. The molecule has 0 aliphatic carbocycles. The molecule has 0 bridgehead atoms. The number of aliphatic hydroxyl groups is 1. The Morgan fingerprint density at radius 2 is 2.04 bits per heavy atom. The highest BCUT2D eigenvalue weighted by Gasteiger charge is 2.38. The molecule has 23 heavy (non-hydrogen) atoms. The predicted octanol–water partition coefficient (Wildman–Crippen LogP) is 3.29. The number of carbonyl (C=O) groups is 1. The molecule has 0 fully saturated rings. The molecule has 1 amide bonds. The van der Waals surface area contributed by atoms with Gasteiger partial charge < -0.3 is 5.11 Å². The quantitative estimate of drug-likeness (QED) is 0.660. The molecule has 0 saturated heterocycles. The molecule has 0 spiro atoms. The molecule has 1 aliphatic heterocycles. The number of hydrogen-bond donors (Lipinski definition) is 4. The van der Waals surface area contributed by atoms with Crippen molar-refractivity contribution >= 4 is 38.9 Å². The average molecular weight is 353 g/mol. The Morgan fingerprint density at radius 1 is 1.35 bits per heavy atom. The minimum Gasteiger partial charge on any atom is -0.505 e. The van der Waals surface area contributed by atoms with Crippen molar-refractivity contribution in [2.45, 2.75) is 11.8 Å². The van der Waals surface area contributed by atoms with Crippen LogP contribution in [0.15, 0.2) is 41.1 Å². The molecule has 122 valence electrons. The zero-order valence-electron chi connectivity index (χ0n) is 12.3. The number of anilines is 1. The highest BCUT2D eigenvalue weighted by Crippen LogP contribution is 2.58. The lowest BCUT2D eigenvalue weighted by Gasteiger charge is -2.45. The number of nitrogens with zero attached hydrogens (tertiary/aromatic N) is 2. The van der Waals surface area contributed by atoms with Gasteiger partial charge in [0.25, 0.3) is 5.91 Å². The van der Waals surface area contributed by atoms with Crippen molar-refractivity contribution in [2.75, 3.05) is 12.4 Å². The number of likely N-dealkylation sites (N-methyl/N-ethyl adjacent to an activating group) is 1. The van der Waals surface area contributed by atoms with E-state index < -0.39 is 16.7 Å². The van der Waals surface area contributed by atoms with Gasteiger partial charge in [-0.3, -0.25) is 23.5 Å². The minimum absolute atomic E-state index is 0.182. The van der Waals surface area contributed by atoms with Crippen molar-refractivity contribution < 1.29 is 19.0 Å².